The van der Waals surface area contributed by atoms with E-state index in [-0.39, 0.29) is 0 Å². The van der Waals surface area contributed by atoms with Gasteiger partial charge in [-0.2, -0.15) is 0 Å². The van der Waals surface area contributed by atoms with E-state index in [0.717, 1.165) is 18.9 Å². The molecule has 0 radical (unpaired) electrons. The first-order valence-electron chi connectivity index (χ1n) is 6.86. The smallest absolute Gasteiger partial charge is 0.131 e. The number of hydrogen-bond acceptors (Lipinski definition) is 2. The van der Waals surface area contributed by atoms with E-state index in [9.17, 15) is 0 Å². The Morgan fingerprint density at radius 2 is 1.61 bits per heavy atom. The average Bonchev–Trinajstić information content (AvgIpc) is 2.28. The zero-order valence-corrected chi connectivity index (χ0v) is 12.7. The molecule has 0 aliphatic carbocycles. The molecule has 0 bridgehead atoms. The molecular weight excluding hydrogens is 244 g/mol. The fourth-order valence-electron chi connectivity index (χ4n) is 1.74. The molecule has 0 saturated heterocycles. The predicted molar refractivity (Wildman–Crippen MR) is 80.4 cm³/mol. The van der Waals surface area contributed by atoms with Crippen molar-refractivity contribution in [2.75, 3.05) is 18.0 Å². The minimum Gasteiger partial charge on any atom is -0.357 e. The summed E-state index contributed by atoms with van der Waals surface area (Å²) in [6.45, 7) is 11.1. The minimum atomic E-state index is 0.576. The van der Waals surface area contributed by atoms with Crippen LogP contribution in [0.3, 0.4) is 0 Å². The zero-order valence-electron chi connectivity index (χ0n) is 12.0. The molecule has 0 unspecified atom stereocenters. The second-order valence-corrected chi connectivity index (χ2v) is 6.06. The van der Waals surface area contributed by atoms with Crippen LogP contribution in [0.4, 0.5) is 5.82 Å². The van der Waals surface area contributed by atoms with Crippen molar-refractivity contribution in [1.82, 2.24) is 4.98 Å². The summed E-state index contributed by atoms with van der Waals surface area (Å²) in [7, 11) is 0. The molecule has 0 atom stereocenters. The maximum atomic E-state index is 5.98. The Morgan fingerprint density at radius 3 is 2.06 bits per heavy atom. The average molecular weight is 269 g/mol. The van der Waals surface area contributed by atoms with Crippen LogP contribution in [0.5, 0.6) is 0 Å². The summed E-state index contributed by atoms with van der Waals surface area (Å²) in [5.74, 6) is 2.43. The molecule has 102 valence electrons. The van der Waals surface area contributed by atoms with Gasteiger partial charge in [0, 0.05) is 13.1 Å². The summed E-state index contributed by atoms with van der Waals surface area (Å²) in [6, 6.07) is 5.85. The maximum Gasteiger partial charge on any atom is 0.131 e. The van der Waals surface area contributed by atoms with Crippen LogP contribution >= 0.6 is 11.6 Å². The van der Waals surface area contributed by atoms with Crippen molar-refractivity contribution in [2.45, 2.75) is 40.5 Å². The topological polar surface area (TPSA) is 16.1 Å². The van der Waals surface area contributed by atoms with Crippen LogP contribution in [0.25, 0.3) is 0 Å². The minimum absolute atomic E-state index is 0.576. The van der Waals surface area contributed by atoms with E-state index in [4.69, 9.17) is 11.6 Å². The van der Waals surface area contributed by atoms with Crippen LogP contribution in [0.1, 0.15) is 40.5 Å². The van der Waals surface area contributed by atoms with Crippen molar-refractivity contribution in [2.24, 2.45) is 11.8 Å². The first-order valence-corrected chi connectivity index (χ1v) is 7.24. The number of pyridine rings is 1. The number of halogens is 1. The van der Waals surface area contributed by atoms with E-state index in [2.05, 4.69) is 37.6 Å². The summed E-state index contributed by atoms with van der Waals surface area (Å²) >= 11 is 5.98. The maximum absolute atomic E-state index is 5.98. The molecule has 1 rings (SSSR count). The van der Waals surface area contributed by atoms with Crippen LogP contribution in [0, 0.1) is 11.8 Å². The molecule has 0 fully saturated rings. The van der Waals surface area contributed by atoms with Crippen LogP contribution in [0.2, 0.25) is 5.15 Å². The quantitative estimate of drug-likeness (QED) is 0.670. The first-order chi connectivity index (χ1) is 8.49. The highest BCUT2D eigenvalue weighted by atomic mass is 35.5. The second kappa shape index (κ2) is 7.63. The highest BCUT2D eigenvalue weighted by Gasteiger charge is 2.10. The lowest BCUT2D eigenvalue weighted by Gasteiger charge is -2.25. The fourth-order valence-corrected chi connectivity index (χ4v) is 1.90. The Kier molecular flexibility index (Phi) is 6.48. The number of anilines is 1. The Morgan fingerprint density at radius 1 is 1.06 bits per heavy atom. The van der Waals surface area contributed by atoms with Gasteiger partial charge in [-0.05, 0) is 36.8 Å². The van der Waals surface area contributed by atoms with Crippen molar-refractivity contribution in [3.63, 3.8) is 0 Å². The van der Waals surface area contributed by atoms with Crippen LogP contribution < -0.4 is 4.90 Å². The van der Waals surface area contributed by atoms with Crippen molar-refractivity contribution in [1.29, 1.82) is 0 Å². The van der Waals surface area contributed by atoms with E-state index in [1.165, 1.54) is 12.8 Å². The monoisotopic (exact) mass is 268 g/mol. The normalized spacial score (nSPS) is 11.3. The Balaban J connectivity index is 2.69. The molecule has 3 heteroatoms. The van der Waals surface area contributed by atoms with Crippen molar-refractivity contribution < 1.29 is 0 Å². The predicted octanol–water partition coefficient (Wildman–Crippen LogP) is 4.63. The number of rotatable bonds is 7. The highest BCUT2D eigenvalue weighted by molar-refractivity contribution is 6.29. The summed E-state index contributed by atoms with van der Waals surface area (Å²) in [5.41, 5.74) is 0. The van der Waals surface area contributed by atoms with Gasteiger partial charge in [-0.25, -0.2) is 4.98 Å². The van der Waals surface area contributed by atoms with E-state index < -0.39 is 0 Å². The van der Waals surface area contributed by atoms with Crippen LogP contribution in [-0.4, -0.2) is 18.1 Å². The molecule has 1 heterocycles. The number of aromatic nitrogens is 1. The third kappa shape index (κ3) is 5.72. The lowest BCUT2D eigenvalue weighted by Crippen LogP contribution is -2.28. The third-order valence-corrected chi connectivity index (χ3v) is 3.19. The summed E-state index contributed by atoms with van der Waals surface area (Å²) in [6.07, 6.45) is 2.37. The van der Waals surface area contributed by atoms with Gasteiger partial charge in [0.15, 0.2) is 0 Å². The van der Waals surface area contributed by atoms with Crippen LogP contribution in [0.15, 0.2) is 18.2 Å². The summed E-state index contributed by atoms with van der Waals surface area (Å²) in [4.78, 5) is 6.77. The largest absolute Gasteiger partial charge is 0.357 e. The number of hydrogen-bond donors (Lipinski definition) is 0. The lowest BCUT2D eigenvalue weighted by atomic mass is 10.1. The number of nitrogens with zero attached hydrogens (tertiary/aromatic N) is 2. The van der Waals surface area contributed by atoms with Gasteiger partial charge in [-0.15, -0.1) is 0 Å². The molecule has 0 aromatic carbocycles. The molecule has 2 nitrogen and oxygen atoms in total. The van der Waals surface area contributed by atoms with Gasteiger partial charge in [0.05, 0.1) is 0 Å². The second-order valence-electron chi connectivity index (χ2n) is 5.67. The van der Waals surface area contributed by atoms with Crippen molar-refractivity contribution in [3.8, 4) is 0 Å². The Labute approximate surface area is 116 Å². The molecule has 0 aliphatic heterocycles. The van der Waals surface area contributed by atoms with Gasteiger partial charge >= 0.3 is 0 Å². The third-order valence-electron chi connectivity index (χ3n) is 2.98. The van der Waals surface area contributed by atoms with Crippen molar-refractivity contribution in [3.05, 3.63) is 23.4 Å². The molecule has 0 N–H and O–H groups in total. The molecule has 18 heavy (non-hydrogen) atoms. The Bertz CT molecular complexity index is 338. The van der Waals surface area contributed by atoms with Gasteiger partial charge in [-0.3, -0.25) is 0 Å². The summed E-state index contributed by atoms with van der Waals surface area (Å²) < 4.78 is 0. The van der Waals surface area contributed by atoms with E-state index in [1.54, 1.807) is 0 Å². The van der Waals surface area contributed by atoms with Crippen LogP contribution in [-0.2, 0) is 0 Å². The molecule has 0 saturated carbocycles. The molecule has 0 aliphatic rings. The fraction of sp³-hybridized carbons (Fsp3) is 0.667. The zero-order chi connectivity index (χ0) is 13.5. The molecule has 0 spiro atoms. The summed E-state index contributed by atoms with van der Waals surface area (Å²) in [5, 5.41) is 0.576. The standard InChI is InChI=1S/C15H25ClN2/c1-12(2)8-10-18(11-9-13(3)4)15-7-5-6-14(16)17-15/h5-7,12-13H,8-11H2,1-4H3. The van der Waals surface area contributed by atoms with E-state index in [0.29, 0.717) is 17.0 Å². The molecular formula is C15H25ClN2. The van der Waals surface area contributed by atoms with Gasteiger partial charge in [0.1, 0.15) is 11.0 Å². The van der Waals surface area contributed by atoms with Gasteiger partial charge in [0.2, 0.25) is 0 Å². The van der Waals surface area contributed by atoms with Gasteiger partial charge in [0.25, 0.3) is 0 Å². The molecule has 1 aromatic rings. The molecule has 1 aromatic heterocycles. The SMILES string of the molecule is CC(C)CCN(CCC(C)C)c1cccc(Cl)n1. The van der Waals surface area contributed by atoms with Gasteiger partial charge in [-0.1, -0.05) is 45.4 Å². The lowest BCUT2D eigenvalue weighted by molar-refractivity contribution is 0.533. The van der Waals surface area contributed by atoms with E-state index in [1.807, 2.05) is 18.2 Å². The first kappa shape index (κ1) is 15.3. The highest BCUT2D eigenvalue weighted by Crippen LogP contribution is 2.17. The van der Waals surface area contributed by atoms with Gasteiger partial charge < -0.3 is 4.90 Å². The molecule has 0 amide bonds. The van der Waals surface area contributed by atoms with Crippen molar-refractivity contribution >= 4 is 17.4 Å². The van der Waals surface area contributed by atoms with E-state index >= 15 is 0 Å². The Hall–Kier alpha value is -0.760.